The Bertz CT molecular complexity index is 833. The fourth-order valence-electron chi connectivity index (χ4n) is 3.21. The van der Waals surface area contributed by atoms with E-state index in [1.54, 1.807) is 24.3 Å². The fourth-order valence-corrected chi connectivity index (χ4v) is 3.53. The molecule has 6 heteroatoms. The summed E-state index contributed by atoms with van der Waals surface area (Å²) >= 11 is 11.9. The molecular formula is C21H22Cl2N2O2. The average Bonchev–Trinajstić information content (AvgIpc) is 2.69. The summed E-state index contributed by atoms with van der Waals surface area (Å²) in [7, 11) is 0. The van der Waals surface area contributed by atoms with Crippen LogP contribution >= 0.6 is 23.2 Å². The van der Waals surface area contributed by atoms with Crippen molar-refractivity contribution in [1.82, 2.24) is 4.90 Å². The molecule has 1 aliphatic rings. The Morgan fingerprint density at radius 2 is 1.70 bits per heavy atom. The average molecular weight is 405 g/mol. The van der Waals surface area contributed by atoms with Crippen LogP contribution in [0.25, 0.3) is 0 Å². The minimum absolute atomic E-state index is 0.0184. The van der Waals surface area contributed by atoms with Crippen molar-refractivity contribution in [3.63, 3.8) is 0 Å². The summed E-state index contributed by atoms with van der Waals surface area (Å²) in [5.41, 5.74) is 2.05. The Hall–Kier alpha value is -2.04. The molecule has 142 valence electrons. The first-order valence-corrected chi connectivity index (χ1v) is 9.92. The van der Waals surface area contributed by atoms with E-state index in [0.717, 1.165) is 37.9 Å². The second kappa shape index (κ2) is 9.25. The molecule has 0 aliphatic carbocycles. The van der Waals surface area contributed by atoms with Gasteiger partial charge >= 0.3 is 0 Å². The molecule has 0 spiro atoms. The maximum atomic E-state index is 12.8. The van der Waals surface area contributed by atoms with Crippen LogP contribution < -0.4 is 5.32 Å². The van der Waals surface area contributed by atoms with Crippen molar-refractivity contribution >= 4 is 40.7 Å². The molecule has 1 fully saturated rings. The van der Waals surface area contributed by atoms with Gasteiger partial charge in [0.2, 0.25) is 5.91 Å². The summed E-state index contributed by atoms with van der Waals surface area (Å²) in [6.45, 7) is 1.55. The number of carbonyl (C=O) groups excluding carboxylic acids is 2. The number of benzene rings is 2. The molecule has 4 nitrogen and oxygen atoms in total. The van der Waals surface area contributed by atoms with E-state index in [1.807, 2.05) is 23.1 Å². The van der Waals surface area contributed by atoms with Gasteiger partial charge in [-0.05, 0) is 55.5 Å². The zero-order valence-corrected chi connectivity index (χ0v) is 16.5. The highest BCUT2D eigenvalue weighted by Crippen LogP contribution is 2.24. The first kappa shape index (κ1) is 19.7. The van der Waals surface area contributed by atoms with Crippen LogP contribution in [0.1, 0.15) is 41.6 Å². The van der Waals surface area contributed by atoms with E-state index < -0.39 is 0 Å². The van der Waals surface area contributed by atoms with E-state index in [4.69, 9.17) is 23.2 Å². The van der Waals surface area contributed by atoms with E-state index in [9.17, 15) is 9.59 Å². The van der Waals surface area contributed by atoms with Crippen LogP contribution in [0.5, 0.6) is 0 Å². The van der Waals surface area contributed by atoms with Gasteiger partial charge in [0.15, 0.2) is 0 Å². The summed E-state index contributed by atoms with van der Waals surface area (Å²) in [5.74, 6) is -0.157. The van der Waals surface area contributed by atoms with E-state index in [2.05, 4.69) is 5.32 Å². The van der Waals surface area contributed by atoms with Crippen molar-refractivity contribution < 1.29 is 9.59 Å². The summed E-state index contributed by atoms with van der Waals surface area (Å²) < 4.78 is 0. The third-order valence-corrected chi connectivity index (χ3v) is 5.44. The van der Waals surface area contributed by atoms with E-state index in [1.165, 1.54) is 0 Å². The number of rotatable bonds is 5. The number of hydrogen-bond acceptors (Lipinski definition) is 2. The highest BCUT2D eigenvalue weighted by atomic mass is 35.5. The Morgan fingerprint density at radius 3 is 2.44 bits per heavy atom. The number of hydrogen-bond donors (Lipinski definition) is 1. The number of para-hydroxylation sites is 1. The highest BCUT2D eigenvalue weighted by molar-refractivity contribution is 6.42. The topological polar surface area (TPSA) is 49.4 Å². The monoisotopic (exact) mass is 404 g/mol. The second-order valence-corrected chi connectivity index (χ2v) is 7.51. The van der Waals surface area contributed by atoms with Crippen LogP contribution in [0, 0.1) is 0 Å². The third kappa shape index (κ3) is 5.24. The van der Waals surface area contributed by atoms with Gasteiger partial charge in [0.05, 0.1) is 21.3 Å². The maximum absolute atomic E-state index is 12.8. The predicted octanol–water partition coefficient (Wildman–Crippen LogP) is 5.19. The zero-order chi connectivity index (χ0) is 19.2. The first-order valence-electron chi connectivity index (χ1n) is 9.16. The number of piperidine rings is 1. The molecule has 3 rings (SSSR count). The summed E-state index contributed by atoms with van der Waals surface area (Å²) in [6, 6.07) is 12.5. The molecule has 0 unspecified atom stereocenters. The molecule has 2 amide bonds. The van der Waals surface area contributed by atoms with Crippen LogP contribution in [-0.4, -0.2) is 29.8 Å². The van der Waals surface area contributed by atoms with Crippen molar-refractivity contribution in [3.05, 3.63) is 63.6 Å². The number of anilines is 1. The standard InChI is InChI=1S/C21H22Cl2N2O2/c22-17-10-8-15(14-18(17)23)9-11-20(26)24-19-7-3-2-6-16(19)21(27)25-12-4-1-5-13-25/h2-3,6-8,10,14H,1,4-5,9,11-13H2,(H,24,26). The molecule has 0 aromatic heterocycles. The Labute approximate surface area is 169 Å². The van der Waals surface area contributed by atoms with Crippen LogP contribution in [0.2, 0.25) is 10.0 Å². The SMILES string of the molecule is O=C(CCc1ccc(Cl)c(Cl)c1)Nc1ccccc1C(=O)N1CCCCC1. The lowest BCUT2D eigenvalue weighted by Gasteiger charge is -2.27. The lowest BCUT2D eigenvalue weighted by Crippen LogP contribution is -2.36. The van der Waals surface area contributed by atoms with Crippen LogP contribution in [0.3, 0.4) is 0 Å². The van der Waals surface area contributed by atoms with Crippen LogP contribution in [-0.2, 0) is 11.2 Å². The van der Waals surface area contributed by atoms with E-state index in [-0.39, 0.29) is 11.8 Å². The van der Waals surface area contributed by atoms with Crippen molar-refractivity contribution in [2.75, 3.05) is 18.4 Å². The smallest absolute Gasteiger partial charge is 0.255 e. The van der Waals surface area contributed by atoms with Crippen LogP contribution in [0.4, 0.5) is 5.69 Å². The van der Waals surface area contributed by atoms with Gasteiger partial charge in [-0.25, -0.2) is 0 Å². The van der Waals surface area contributed by atoms with Crippen LogP contribution in [0.15, 0.2) is 42.5 Å². The highest BCUT2D eigenvalue weighted by Gasteiger charge is 2.21. The van der Waals surface area contributed by atoms with Gasteiger partial charge in [-0.3, -0.25) is 9.59 Å². The van der Waals surface area contributed by atoms with Gasteiger partial charge in [-0.2, -0.15) is 0 Å². The number of aryl methyl sites for hydroxylation is 1. The molecule has 0 atom stereocenters. The molecule has 1 aliphatic heterocycles. The number of likely N-dealkylation sites (tertiary alicyclic amines) is 1. The van der Waals surface area contributed by atoms with Gasteiger partial charge in [0.25, 0.3) is 5.91 Å². The van der Waals surface area contributed by atoms with Gasteiger partial charge < -0.3 is 10.2 Å². The van der Waals surface area contributed by atoms with Gasteiger partial charge in [0.1, 0.15) is 0 Å². The molecule has 0 bridgehead atoms. The first-order chi connectivity index (χ1) is 13.0. The Balaban J connectivity index is 1.63. The third-order valence-electron chi connectivity index (χ3n) is 4.70. The summed E-state index contributed by atoms with van der Waals surface area (Å²) in [6.07, 6.45) is 4.07. The van der Waals surface area contributed by atoms with Crippen molar-refractivity contribution in [3.8, 4) is 0 Å². The van der Waals surface area contributed by atoms with Crippen molar-refractivity contribution in [1.29, 1.82) is 0 Å². The van der Waals surface area contributed by atoms with Crippen molar-refractivity contribution in [2.24, 2.45) is 0 Å². The molecule has 2 aromatic rings. The largest absolute Gasteiger partial charge is 0.339 e. The number of carbonyl (C=O) groups is 2. The quantitative estimate of drug-likeness (QED) is 0.744. The molecule has 0 radical (unpaired) electrons. The van der Waals surface area contributed by atoms with Gasteiger partial charge in [-0.1, -0.05) is 41.4 Å². The number of nitrogens with zero attached hydrogens (tertiary/aromatic N) is 1. The normalized spacial score (nSPS) is 14.1. The molecule has 0 saturated carbocycles. The second-order valence-electron chi connectivity index (χ2n) is 6.70. The van der Waals surface area contributed by atoms with Gasteiger partial charge in [-0.15, -0.1) is 0 Å². The van der Waals surface area contributed by atoms with E-state index >= 15 is 0 Å². The van der Waals surface area contributed by atoms with Crippen molar-refractivity contribution in [2.45, 2.75) is 32.1 Å². The summed E-state index contributed by atoms with van der Waals surface area (Å²) in [4.78, 5) is 27.1. The molecular weight excluding hydrogens is 383 g/mol. The molecule has 1 heterocycles. The van der Waals surface area contributed by atoms with E-state index in [0.29, 0.717) is 34.1 Å². The Morgan fingerprint density at radius 1 is 0.963 bits per heavy atom. The number of halogens is 2. The minimum Gasteiger partial charge on any atom is -0.339 e. The van der Waals surface area contributed by atoms with Gasteiger partial charge in [0, 0.05) is 19.5 Å². The lowest BCUT2D eigenvalue weighted by molar-refractivity contribution is -0.116. The molecule has 1 N–H and O–H groups in total. The molecule has 1 saturated heterocycles. The molecule has 27 heavy (non-hydrogen) atoms. The maximum Gasteiger partial charge on any atom is 0.255 e. The lowest BCUT2D eigenvalue weighted by atomic mass is 10.1. The summed E-state index contributed by atoms with van der Waals surface area (Å²) in [5, 5.41) is 3.86. The predicted molar refractivity (Wildman–Crippen MR) is 110 cm³/mol. The fraction of sp³-hybridized carbons (Fsp3) is 0.333. The number of nitrogens with one attached hydrogen (secondary N) is 1. The zero-order valence-electron chi connectivity index (χ0n) is 15.0. The molecule has 2 aromatic carbocycles. The number of amides is 2. The minimum atomic E-state index is -0.139. The Kier molecular flexibility index (Phi) is 6.75.